The van der Waals surface area contributed by atoms with E-state index >= 15 is 0 Å². The van der Waals surface area contributed by atoms with E-state index in [1.165, 1.54) is 12.7 Å². The number of aliphatic hydroxyl groups excluding tert-OH is 1. The fourth-order valence-corrected chi connectivity index (χ4v) is 3.34. The van der Waals surface area contributed by atoms with Gasteiger partial charge < -0.3 is 10.4 Å². The molecule has 1 saturated carbocycles. The van der Waals surface area contributed by atoms with E-state index in [2.05, 4.69) is 20.4 Å². The van der Waals surface area contributed by atoms with Gasteiger partial charge in [-0.05, 0) is 30.4 Å². The van der Waals surface area contributed by atoms with Gasteiger partial charge in [0.2, 0.25) is 0 Å². The molecule has 11 nitrogen and oxygen atoms in total. The molecule has 33 heavy (non-hydrogen) atoms. The zero-order chi connectivity index (χ0) is 23.8. The number of halogens is 3. The van der Waals surface area contributed by atoms with Crippen LogP contribution in [-0.2, 0) is 15.8 Å². The molecule has 174 valence electrons. The Morgan fingerprint density at radius 1 is 1.30 bits per heavy atom. The van der Waals surface area contributed by atoms with E-state index in [0.717, 1.165) is 45.8 Å². The molecule has 2 fully saturated rings. The number of amides is 4. The maximum atomic E-state index is 13.2. The van der Waals surface area contributed by atoms with E-state index in [9.17, 15) is 27.6 Å². The Kier molecular flexibility index (Phi) is 5.84. The number of pyridine rings is 1. The molecule has 3 heterocycles. The summed E-state index contributed by atoms with van der Waals surface area (Å²) < 4.78 is 40.7. The van der Waals surface area contributed by atoms with Crippen molar-refractivity contribution in [3.05, 3.63) is 41.9 Å². The summed E-state index contributed by atoms with van der Waals surface area (Å²) in [6.07, 6.45) is 1.38. The topological polar surface area (TPSA) is 134 Å². The molecule has 2 N–H and O–H groups in total. The van der Waals surface area contributed by atoms with Crippen LogP contribution in [0.1, 0.15) is 30.0 Å². The van der Waals surface area contributed by atoms with Gasteiger partial charge in [-0.15, -0.1) is 0 Å². The van der Waals surface area contributed by atoms with Crippen LogP contribution >= 0.6 is 0 Å². The van der Waals surface area contributed by atoms with E-state index in [4.69, 9.17) is 5.11 Å². The Morgan fingerprint density at radius 3 is 2.67 bits per heavy atom. The average Bonchev–Trinajstić information content (AvgIpc) is 3.40. The van der Waals surface area contributed by atoms with Crippen LogP contribution in [0.5, 0.6) is 0 Å². The minimum Gasteiger partial charge on any atom is -0.395 e. The molecule has 0 spiro atoms. The normalized spacial score (nSPS) is 17.2. The van der Waals surface area contributed by atoms with Crippen LogP contribution in [0.15, 0.2) is 30.6 Å². The highest BCUT2D eigenvalue weighted by Gasteiger charge is 2.40. The third-order valence-corrected chi connectivity index (χ3v) is 5.09. The Bertz CT molecular complexity index is 1110. The molecule has 4 amide bonds. The molecular weight excluding hydrogens is 447 g/mol. The lowest BCUT2D eigenvalue weighted by molar-refractivity contribution is -0.141. The van der Waals surface area contributed by atoms with Crippen molar-refractivity contribution in [1.82, 2.24) is 29.5 Å². The maximum Gasteiger partial charge on any atom is 0.433 e. The van der Waals surface area contributed by atoms with Crippen LogP contribution in [0.25, 0.3) is 6.20 Å². The van der Waals surface area contributed by atoms with Gasteiger partial charge in [0.25, 0.3) is 11.8 Å². The number of carbonyl (C=O) groups is 3. The van der Waals surface area contributed by atoms with Crippen LogP contribution in [0.3, 0.4) is 0 Å². The largest absolute Gasteiger partial charge is 0.433 e. The predicted octanol–water partition coefficient (Wildman–Crippen LogP) is 1.26. The van der Waals surface area contributed by atoms with Crippen LogP contribution in [-0.4, -0.2) is 72.2 Å². The molecule has 1 saturated heterocycles. The summed E-state index contributed by atoms with van der Waals surface area (Å²) in [7, 11) is 0. The van der Waals surface area contributed by atoms with Crippen molar-refractivity contribution in [2.75, 3.05) is 25.0 Å². The minimum absolute atomic E-state index is 0.0344. The molecule has 14 heteroatoms. The number of hydrogen-bond acceptors (Lipinski definition) is 7. The van der Waals surface area contributed by atoms with Crippen molar-refractivity contribution in [2.45, 2.75) is 24.9 Å². The quantitative estimate of drug-likeness (QED) is 0.465. The summed E-state index contributed by atoms with van der Waals surface area (Å²) in [6.45, 7) is -1.23. The van der Waals surface area contributed by atoms with E-state index in [0.29, 0.717) is 5.56 Å². The van der Waals surface area contributed by atoms with E-state index in [1.807, 2.05) is 0 Å². The number of nitrogens with one attached hydrogen (secondary N) is 1. The molecule has 0 unspecified atom stereocenters. The molecule has 0 atom stereocenters. The van der Waals surface area contributed by atoms with Crippen molar-refractivity contribution in [1.29, 1.82) is 0 Å². The van der Waals surface area contributed by atoms with Gasteiger partial charge in [0, 0.05) is 11.9 Å². The summed E-state index contributed by atoms with van der Waals surface area (Å²) in [6, 6.07) is -0.114. The minimum atomic E-state index is -4.72. The highest BCUT2D eigenvalue weighted by atomic mass is 19.4. The summed E-state index contributed by atoms with van der Waals surface area (Å²) in [5.74, 6) is -1.61. The second-order valence-corrected chi connectivity index (χ2v) is 7.41. The van der Waals surface area contributed by atoms with Gasteiger partial charge in [-0.25, -0.2) is 14.5 Å². The highest BCUT2D eigenvalue weighted by molar-refractivity contribution is 6.12. The number of urea groups is 1. The number of anilines is 1. The Balaban J connectivity index is 1.69. The molecule has 2 aromatic rings. The Hall–Kier alpha value is -3.81. The standard InChI is InChI=1S/C19H18F3N7O4/c20-19(21,22)15-5-13(12(6-24-15)11-1-2-11)26-17(32)14(7-27-10-23-9-25-27)29-8-16(31)28(3-4-30)18(29)33/h5-7,9-11,30H,1-4,8H2,(H,24,26,32). The van der Waals surface area contributed by atoms with E-state index < -0.39 is 42.9 Å². The summed E-state index contributed by atoms with van der Waals surface area (Å²) in [4.78, 5) is 46.9. The van der Waals surface area contributed by atoms with Crippen LogP contribution in [0.4, 0.5) is 23.7 Å². The molecule has 0 radical (unpaired) electrons. The van der Waals surface area contributed by atoms with Gasteiger partial charge in [-0.2, -0.15) is 18.3 Å². The number of β-amino-alcohol motifs (C(OH)–C–C–N with tert-alkyl or cyclic N) is 1. The molecule has 1 aliphatic carbocycles. The fourth-order valence-electron chi connectivity index (χ4n) is 3.34. The molecule has 2 aromatic heterocycles. The van der Waals surface area contributed by atoms with Gasteiger partial charge in [-0.1, -0.05) is 0 Å². The van der Waals surface area contributed by atoms with Gasteiger partial charge in [0.15, 0.2) is 0 Å². The number of hydrogen-bond donors (Lipinski definition) is 2. The third-order valence-electron chi connectivity index (χ3n) is 5.09. The number of alkyl halides is 3. The Morgan fingerprint density at radius 2 is 2.06 bits per heavy atom. The second-order valence-electron chi connectivity index (χ2n) is 7.41. The zero-order valence-electron chi connectivity index (χ0n) is 17.0. The first-order valence-electron chi connectivity index (χ1n) is 9.86. The van der Waals surface area contributed by atoms with Crippen molar-refractivity contribution >= 4 is 29.7 Å². The van der Waals surface area contributed by atoms with Crippen LogP contribution in [0, 0.1) is 0 Å². The lowest BCUT2D eigenvalue weighted by Crippen LogP contribution is -2.37. The fraction of sp³-hybridized carbons (Fsp3) is 0.368. The average molecular weight is 465 g/mol. The first-order valence-corrected chi connectivity index (χ1v) is 9.86. The van der Waals surface area contributed by atoms with Gasteiger partial charge in [0.05, 0.1) is 19.4 Å². The van der Waals surface area contributed by atoms with E-state index in [1.54, 1.807) is 0 Å². The number of rotatable bonds is 7. The second kappa shape index (κ2) is 8.61. The maximum absolute atomic E-state index is 13.2. The molecule has 0 bridgehead atoms. The number of nitrogens with zero attached hydrogens (tertiary/aromatic N) is 6. The Labute approximate surface area is 184 Å². The van der Waals surface area contributed by atoms with Crippen LogP contribution in [0.2, 0.25) is 0 Å². The first-order chi connectivity index (χ1) is 15.7. The highest BCUT2D eigenvalue weighted by Crippen LogP contribution is 2.44. The number of aliphatic hydroxyl groups is 1. The lowest BCUT2D eigenvalue weighted by Gasteiger charge is -2.20. The summed E-state index contributed by atoms with van der Waals surface area (Å²) in [5.41, 5.74) is -1.15. The lowest BCUT2D eigenvalue weighted by atomic mass is 10.1. The van der Waals surface area contributed by atoms with E-state index in [-0.39, 0.29) is 23.8 Å². The monoisotopic (exact) mass is 465 g/mol. The summed E-state index contributed by atoms with van der Waals surface area (Å²) in [5, 5.41) is 15.4. The van der Waals surface area contributed by atoms with Crippen molar-refractivity contribution < 1.29 is 32.7 Å². The first kappa shape index (κ1) is 22.4. The SMILES string of the molecule is O=C(Nc1cc(C(F)(F)F)ncc1C1CC1)C(=Cn1cncn1)N1CC(=O)N(CCO)C1=O. The van der Waals surface area contributed by atoms with Crippen molar-refractivity contribution in [2.24, 2.45) is 0 Å². The van der Waals surface area contributed by atoms with Gasteiger partial charge >= 0.3 is 12.2 Å². The molecular formula is C19H18F3N7O4. The van der Waals surface area contributed by atoms with Crippen LogP contribution < -0.4 is 5.32 Å². The summed E-state index contributed by atoms with van der Waals surface area (Å²) >= 11 is 0. The third kappa shape index (κ3) is 4.69. The molecule has 1 aliphatic heterocycles. The molecule has 2 aliphatic rings. The number of aromatic nitrogens is 4. The zero-order valence-corrected chi connectivity index (χ0v) is 17.0. The number of carbonyl (C=O) groups excluding carboxylic acids is 3. The molecule has 0 aromatic carbocycles. The van der Waals surface area contributed by atoms with Crippen molar-refractivity contribution in [3.8, 4) is 0 Å². The predicted molar refractivity (Wildman–Crippen MR) is 105 cm³/mol. The van der Waals surface area contributed by atoms with Gasteiger partial charge in [0.1, 0.15) is 30.6 Å². The molecule has 4 rings (SSSR count). The van der Waals surface area contributed by atoms with Crippen molar-refractivity contribution in [3.63, 3.8) is 0 Å². The number of imide groups is 1. The smallest absolute Gasteiger partial charge is 0.395 e. The van der Waals surface area contributed by atoms with Gasteiger partial charge in [-0.3, -0.25) is 24.4 Å².